The smallest absolute Gasteiger partial charge is 0.320 e. The van der Waals surface area contributed by atoms with E-state index in [2.05, 4.69) is 16.7 Å². The van der Waals surface area contributed by atoms with Crippen molar-refractivity contribution in [2.75, 3.05) is 19.7 Å². The Bertz CT molecular complexity index is 1170. The van der Waals surface area contributed by atoms with Gasteiger partial charge in [-0.1, -0.05) is 30.3 Å². The van der Waals surface area contributed by atoms with E-state index >= 15 is 0 Å². The summed E-state index contributed by atoms with van der Waals surface area (Å²) in [5, 5.41) is 1.21. The highest BCUT2D eigenvalue weighted by Crippen LogP contribution is 2.36. The number of nitrogens with zero attached hydrogens (tertiary/aromatic N) is 3. The van der Waals surface area contributed by atoms with Crippen LogP contribution >= 0.6 is 0 Å². The fraction of sp³-hybridized carbons (Fsp3) is 0.360. The standard InChI is InChI=1S/C25H26FN3O3/c1-2-32-24(30)11-12-27-15-19-13-21-20-5-3-4-6-22(20)29(23(21)16-28(19)25(27)31)14-17-7-9-18(26)10-8-17/h3-10,19H,2,11-16H2,1H3. The van der Waals surface area contributed by atoms with Crippen LogP contribution in [0.15, 0.2) is 48.5 Å². The average Bonchev–Trinajstić information content (AvgIpc) is 3.27. The number of esters is 1. The van der Waals surface area contributed by atoms with E-state index in [4.69, 9.17) is 4.74 Å². The lowest BCUT2D eigenvalue weighted by Gasteiger charge is -2.29. The lowest BCUT2D eigenvalue weighted by atomic mass is 9.98. The zero-order valence-electron chi connectivity index (χ0n) is 18.1. The normalized spacial score (nSPS) is 17.6. The molecule has 5 rings (SSSR count). The topological polar surface area (TPSA) is 54.8 Å². The van der Waals surface area contributed by atoms with E-state index in [1.165, 1.54) is 23.1 Å². The van der Waals surface area contributed by atoms with Gasteiger partial charge in [-0.15, -0.1) is 0 Å². The number of fused-ring (bicyclic) bond motifs is 4. The molecule has 0 aliphatic carbocycles. The van der Waals surface area contributed by atoms with Gasteiger partial charge < -0.3 is 19.1 Å². The van der Waals surface area contributed by atoms with Crippen molar-refractivity contribution in [1.82, 2.24) is 14.4 Å². The molecule has 0 radical (unpaired) electrons. The minimum Gasteiger partial charge on any atom is -0.466 e. The number of carbonyl (C=O) groups excluding carboxylic acids is 2. The van der Waals surface area contributed by atoms with Gasteiger partial charge in [0, 0.05) is 36.2 Å². The molecule has 2 aromatic carbocycles. The number of aromatic nitrogens is 1. The molecule has 7 heteroatoms. The van der Waals surface area contributed by atoms with Crippen LogP contribution in [0.25, 0.3) is 10.9 Å². The van der Waals surface area contributed by atoms with Crippen LogP contribution in [0, 0.1) is 5.82 Å². The molecule has 3 heterocycles. The van der Waals surface area contributed by atoms with E-state index in [-0.39, 0.29) is 30.3 Å². The quantitative estimate of drug-likeness (QED) is 0.551. The second kappa shape index (κ2) is 8.30. The molecule has 0 spiro atoms. The van der Waals surface area contributed by atoms with Crippen LogP contribution in [0.1, 0.15) is 30.2 Å². The molecule has 2 aliphatic rings. The van der Waals surface area contributed by atoms with Crippen LogP contribution < -0.4 is 0 Å². The van der Waals surface area contributed by atoms with Gasteiger partial charge in [-0.25, -0.2) is 9.18 Å². The largest absolute Gasteiger partial charge is 0.466 e. The van der Waals surface area contributed by atoms with E-state index in [0.29, 0.717) is 32.8 Å². The van der Waals surface area contributed by atoms with Crippen LogP contribution in [0.4, 0.5) is 9.18 Å². The van der Waals surface area contributed by atoms with E-state index < -0.39 is 0 Å². The Morgan fingerprint density at radius 1 is 1.16 bits per heavy atom. The van der Waals surface area contributed by atoms with E-state index in [9.17, 15) is 14.0 Å². The highest BCUT2D eigenvalue weighted by atomic mass is 19.1. The van der Waals surface area contributed by atoms with Crippen LogP contribution in [-0.4, -0.2) is 52.1 Å². The van der Waals surface area contributed by atoms with Crippen LogP contribution in [0.2, 0.25) is 0 Å². The van der Waals surface area contributed by atoms with Crippen LogP contribution in [0.5, 0.6) is 0 Å². The van der Waals surface area contributed by atoms with Crippen molar-refractivity contribution < 1.29 is 18.7 Å². The highest BCUT2D eigenvalue weighted by molar-refractivity contribution is 5.87. The van der Waals surface area contributed by atoms with E-state index in [1.54, 1.807) is 24.0 Å². The first-order chi connectivity index (χ1) is 15.5. The number of rotatable bonds is 6. The lowest BCUT2D eigenvalue weighted by molar-refractivity contribution is -0.143. The Morgan fingerprint density at radius 3 is 2.72 bits per heavy atom. The molecule has 0 N–H and O–H groups in total. The molecular formula is C25H26FN3O3. The van der Waals surface area contributed by atoms with Gasteiger partial charge in [0.2, 0.25) is 0 Å². The number of amides is 2. The zero-order valence-corrected chi connectivity index (χ0v) is 18.1. The van der Waals surface area contributed by atoms with Gasteiger partial charge in [0.05, 0.1) is 25.6 Å². The van der Waals surface area contributed by atoms with Gasteiger partial charge in [-0.05, 0) is 42.7 Å². The first-order valence-corrected chi connectivity index (χ1v) is 11.1. The number of ether oxygens (including phenoxy) is 1. The third kappa shape index (κ3) is 3.61. The van der Waals surface area contributed by atoms with Crippen molar-refractivity contribution in [3.63, 3.8) is 0 Å². The molecule has 1 aromatic heterocycles. The van der Waals surface area contributed by atoms with Gasteiger partial charge in [0.25, 0.3) is 0 Å². The third-order valence-electron chi connectivity index (χ3n) is 6.49. The molecule has 1 unspecified atom stereocenters. The summed E-state index contributed by atoms with van der Waals surface area (Å²) in [6.07, 6.45) is 1.00. The predicted molar refractivity (Wildman–Crippen MR) is 119 cm³/mol. The second-order valence-corrected chi connectivity index (χ2v) is 8.42. The summed E-state index contributed by atoms with van der Waals surface area (Å²) in [4.78, 5) is 28.5. The Labute approximate surface area is 186 Å². The summed E-state index contributed by atoms with van der Waals surface area (Å²) in [6, 6.07) is 15.0. The third-order valence-corrected chi connectivity index (χ3v) is 6.49. The molecule has 1 saturated heterocycles. The molecule has 0 bridgehead atoms. The van der Waals surface area contributed by atoms with E-state index in [0.717, 1.165) is 23.2 Å². The van der Waals surface area contributed by atoms with Gasteiger partial charge in [0.15, 0.2) is 0 Å². The van der Waals surface area contributed by atoms with Crippen molar-refractivity contribution in [3.05, 3.63) is 71.2 Å². The Balaban J connectivity index is 1.43. The Morgan fingerprint density at radius 2 is 1.94 bits per heavy atom. The fourth-order valence-corrected chi connectivity index (χ4v) is 4.97. The first kappa shape index (κ1) is 20.5. The molecule has 3 aromatic rings. The Kier molecular flexibility index (Phi) is 5.33. The molecule has 166 valence electrons. The van der Waals surface area contributed by atoms with Gasteiger partial charge in [-0.2, -0.15) is 0 Å². The minimum atomic E-state index is -0.273. The number of urea groups is 1. The number of halogens is 1. The number of carbonyl (C=O) groups is 2. The minimum absolute atomic E-state index is 0.0245. The molecule has 1 atom stereocenters. The predicted octanol–water partition coefficient (Wildman–Crippen LogP) is 3.94. The average molecular weight is 435 g/mol. The SMILES string of the molecule is CCOC(=O)CCN1CC2Cc3c(n(Cc4ccc(F)cc4)c4ccccc34)CN2C1=O. The summed E-state index contributed by atoms with van der Waals surface area (Å²) >= 11 is 0. The van der Waals surface area contributed by atoms with Gasteiger partial charge >= 0.3 is 12.0 Å². The maximum Gasteiger partial charge on any atom is 0.320 e. The van der Waals surface area contributed by atoms with Gasteiger partial charge in [-0.3, -0.25) is 4.79 Å². The Hall–Kier alpha value is -3.35. The zero-order chi connectivity index (χ0) is 22.2. The van der Waals surface area contributed by atoms with Crippen molar-refractivity contribution in [2.24, 2.45) is 0 Å². The molecule has 0 saturated carbocycles. The molecule has 1 fully saturated rings. The molecule has 2 amide bonds. The molecule has 2 aliphatic heterocycles. The summed E-state index contributed by atoms with van der Waals surface area (Å²) in [5.74, 6) is -0.522. The summed E-state index contributed by atoms with van der Waals surface area (Å²) in [5.41, 5.74) is 4.56. The van der Waals surface area contributed by atoms with Crippen molar-refractivity contribution in [2.45, 2.75) is 38.9 Å². The van der Waals surface area contributed by atoms with Crippen molar-refractivity contribution >= 4 is 22.9 Å². The number of para-hydroxylation sites is 1. The monoisotopic (exact) mass is 435 g/mol. The molecule has 6 nitrogen and oxygen atoms in total. The highest BCUT2D eigenvalue weighted by Gasteiger charge is 2.41. The number of benzene rings is 2. The summed E-state index contributed by atoms with van der Waals surface area (Å²) in [7, 11) is 0. The van der Waals surface area contributed by atoms with Crippen LogP contribution in [-0.2, 0) is 29.0 Å². The summed E-state index contributed by atoms with van der Waals surface area (Å²) in [6.45, 7) is 4.28. The second-order valence-electron chi connectivity index (χ2n) is 8.42. The van der Waals surface area contributed by atoms with E-state index in [1.807, 2.05) is 17.0 Å². The maximum atomic E-state index is 13.4. The first-order valence-electron chi connectivity index (χ1n) is 11.1. The maximum absolute atomic E-state index is 13.4. The van der Waals surface area contributed by atoms with Crippen molar-refractivity contribution in [1.29, 1.82) is 0 Å². The lowest BCUT2D eigenvalue weighted by Crippen LogP contribution is -2.39. The van der Waals surface area contributed by atoms with Gasteiger partial charge in [0.1, 0.15) is 5.82 Å². The summed E-state index contributed by atoms with van der Waals surface area (Å²) < 4.78 is 20.6. The fourth-order valence-electron chi connectivity index (χ4n) is 4.97. The number of hydrogen-bond donors (Lipinski definition) is 0. The number of hydrogen-bond acceptors (Lipinski definition) is 3. The van der Waals surface area contributed by atoms with Crippen LogP contribution in [0.3, 0.4) is 0 Å². The van der Waals surface area contributed by atoms with Crippen molar-refractivity contribution in [3.8, 4) is 0 Å². The molecular weight excluding hydrogens is 409 g/mol. The molecule has 32 heavy (non-hydrogen) atoms.